The van der Waals surface area contributed by atoms with Gasteiger partial charge in [-0.05, 0) is 12.1 Å². The lowest BCUT2D eigenvalue weighted by Crippen LogP contribution is -2.49. The summed E-state index contributed by atoms with van der Waals surface area (Å²) >= 11 is 0. The first-order valence-electron chi connectivity index (χ1n) is 6.74. The van der Waals surface area contributed by atoms with Crippen LogP contribution in [-0.2, 0) is 19.9 Å². The molecular weight excluding hydrogens is 312 g/mol. The SMILES string of the molecule is CS(=O)(=O)N1CCN(CCS(=O)(=O)c2ccccc2)CC1. The van der Waals surface area contributed by atoms with Gasteiger partial charge in [-0.25, -0.2) is 16.8 Å². The minimum Gasteiger partial charge on any atom is -0.300 e. The topological polar surface area (TPSA) is 74.8 Å². The smallest absolute Gasteiger partial charge is 0.211 e. The zero-order chi connectivity index (χ0) is 15.5. The van der Waals surface area contributed by atoms with E-state index >= 15 is 0 Å². The lowest BCUT2D eigenvalue weighted by molar-refractivity contribution is 0.197. The monoisotopic (exact) mass is 332 g/mol. The fraction of sp³-hybridized carbons (Fsp3) is 0.538. The Morgan fingerprint density at radius 1 is 0.952 bits per heavy atom. The molecule has 6 nitrogen and oxygen atoms in total. The summed E-state index contributed by atoms with van der Waals surface area (Å²) in [5, 5.41) is 0. The summed E-state index contributed by atoms with van der Waals surface area (Å²) in [5.41, 5.74) is 0. The summed E-state index contributed by atoms with van der Waals surface area (Å²) in [6, 6.07) is 8.38. The van der Waals surface area contributed by atoms with Crippen molar-refractivity contribution in [3.8, 4) is 0 Å². The van der Waals surface area contributed by atoms with Gasteiger partial charge in [0, 0.05) is 32.7 Å². The molecule has 2 rings (SSSR count). The summed E-state index contributed by atoms with van der Waals surface area (Å²) in [4.78, 5) is 2.32. The van der Waals surface area contributed by atoms with E-state index in [4.69, 9.17) is 0 Å². The highest BCUT2D eigenvalue weighted by atomic mass is 32.2. The van der Waals surface area contributed by atoms with Gasteiger partial charge in [0.05, 0.1) is 16.9 Å². The molecule has 0 aromatic heterocycles. The molecule has 8 heteroatoms. The number of nitrogens with zero attached hydrogens (tertiary/aromatic N) is 2. The first-order valence-corrected chi connectivity index (χ1v) is 10.2. The second-order valence-corrected chi connectivity index (χ2v) is 9.23. The number of benzene rings is 1. The van der Waals surface area contributed by atoms with Gasteiger partial charge in [-0.15, -0.1) is 0 Å². The normalized spacial score (nSPS) is 18.7. The van der Waals surface area contributed by atoms with Gasteiger partial charge in [0.15, 0.2) is 9.84 Å². The highest BCUT2D eigenvalue weighted by Crippen LogP contribution is 2.11. The van der Waals surface area contributed by atoms with E-state index in [1.54, 1.807) is 30.3 Å². The second kappa shape index (κ2) is 6.43. The molecule has 0 radical (unpaired) electrons. The van der Waals surface area contributed by atoms with E-state index < -0.39 is 19.9 Å². The maximum absolute atomic E-state index is 12.2. The standard InChI is InChI=1S/C13H20N2O4S2/c1-20(16,17)15-9-7-14(8-10-15)11-12-21(18,19)13-5-3-2-4-6-13/h2-6H,7-12H2,1H3. The van der Waals surface area contributed by atoms with Gasteiger partial charge in [0.25, 0.3) is 0 Å². The van der Waals surface area contributed by atoms with Crippen LogP contribution in [0.25, 0.3) is 0 Å². The lowest BCUT2D eigenvalue weighted by Gasteiger charge is -2.33. The molecule has 0 spiro atoms. The Kier molecular flexibility index (Phi) is 5.03. The molecule has 0 amide bonds. The third kappa shape index (κ3) is 4.50. The van der Waals surface area contributed by atoms with Crippen LogP contribution in [0.5, 0.6) is 0 Å². The molecule has 118 valence electrons. The Labute approximate surface area is 126 Å². The van der Waals surface area contributed by atoms with Crippen LogP contribution in [0.2, 0.25) is 0 Å². The predicted molar refractivity (Wildman–Crippen MR) is 81.4 cm³/mol. The van der Waals surface area contributed by atoms with Crippen molar-refractivity contribution < 1.29 is 16.8 Å². The first kappa shape index (κ1) is 16.4. The third-order valence-corrected chi connectivity index (χ3v) is 6.59. The molecule has 0 saturated carbocycles. The second-order valence-electron chi connectivity index (χ2n) is 5.14. The number of sulfonamides is 1. The van der Waals surface area contributed by atoms with Gasteiger partial charge >= 0.3 is 0 Å². The lowest BCUT2D eigenvalue weighted by atomic mass is 10.4. The van der Waals surface area contributed by atoms with Crippen molar-refractivity contribution in [2.75, 3.05) is 44.7 Å². The van der Waals surface area contributed by atoms with Crippen LogP contribution >= 0.6 is 0 Å². The predicted octanol–water partition coefficient (Wildman–Crippen LogP) is 0.0375. The Morgan fingerprint density at radius 2 is 1.52 bits per heavy atom. The van der Waals surface area contributed by atoms with E-state index in [-0.39, 0.29) is 5.75 Å². The molecule has 0 atom stereocenters. The molecule has 0 unspecified atom stereocenters. The maximum Gasteiger partial charge on any atom is 0.211 e. The molecule has 0 N–H and O–H groups in total. The highest BCUT2D eigenvalue weighted by molar-refractivity contribution is 7.91. The van der Waals surface area contributed by atoms with Gasteiger partial charge in [0.2, 0.25) is 10.0 Å². The van der Waals surface area contributed by atoms with Crippen LogP contribution < -0.4 is 0 Å². The molecule has 0 bridgehead atoms. The van der Waals surface area contributed by atoms with Crippen LogP contribution in [0.1, 0.15) is 0 Å². The van der Waals surface area contributed by atoms with Crippen LogP contribution in [0.15, 0.2) is 35.2 Å². The Bertz CT molecular complexity index is 663. The number of rotatable bonds is 5. The van der Waals surface area contributed by atoms with Crippen molar-refractivity contribution in [2.24, 2.45) is 0 Å². The quantitative estimate of drug-likeness (QED) is 0.761. The molecule has 1 aromatic rings. The Balaban J connectivity index is 1.88. The zero-order valence-electron chi connectivity index (χ0n) is 12.0. The van der Waals surface area contributed by atoms with E-state index in [1.165, 1.54) is 10.6 Å². The summed E-state index contributed by atoms with van der Waals surface area (Å²) in [5.74, 6) is 0.0515. The van der Waals surface area contributed by atoms with Crippen molar-refractivity contribution in [3.05, 3.63) is 30.3 Å². The average Bonchev–Trinajstić information content (AvgIpc) is 2.46. The van der Waals surface area contributed by atoms with Gasteiger partial charge < -0.3 is 0 Å². The highest BCUT2D eigenvalue weighted by Gasteiger charge is 2.24. The minimum atomic E-state index is -3.28. The van der Waals surface area contributed by atoms with Crippen LogP contribution in [0.4, 0.5) is 0 Å². The van der Waals surface area contributed by atoms with Crippen molar-refractivity contribution in [3.63, 3.8) is 0 Å². The molecule has 1 fully saturated rings. The third-order valence-electron chi connectivity index (χ3n) is 3.58. The van der Waals surface area contributed by atoms with Crippen molar-refractivity contribution in [2.45, 2.75) is 4.90 Å². The van der Waals surface area contributed by atoms with Gasteiger partial charge in [0.1, 0.15) is 0 Å². The molecule has 1 saturated heterocycles. The van der Waals surface area contributed by atoms with Gasteiger partial charge in [-0.1, -0.05) is 18.2 Å². The van der Waals surface area contributed by atoms with Crippen molar-refractivity contribution >= 4 is 19.9 Å². The van der Waals surface area contributed by atoms with Crippen molar-refractivity contribution in [1.29, 1.82) is 0 Å². The molecule has 0 aliphatic carbocycles. The zero-order valence-corrected chi connectivity index (χ0v) is 13.6. The van der Waals surface area contributed by atoms with Crippen LogP contribution in [0, 0.1) is 0 Å². The Morgan fingerprint density at radius 3 is 2.05 bits per heavy atom. The summed E-state index contributed by atoms with van der Waals surface area (Å²) in [7, 11) is -6.42. The Hall–Kier alpha value is -0.960. The number of hydrogen-bond acceptors (Lipinski definition) is 5. The van der Waals surface area contributed by atoms with E-state index in [1.807, 2.05) is 4.90 Å². The molecule has 1 aliphatic heterocycles. The molecule has 1 aliphatic rings. The number of piperazine rings is 1. The van der Waals surface area contributed by atoms with Gasteiger partial charge in [-0.3, -0.25) is 4.90 Å². The van der Waals surface area contributed by atoms with Crippen LogP contribution in [0.3, 0.4) is 0 Å². The summed E-state index contributed by atoms with van der Waals surface area (Å²) in [6.45, 7) is 2.40. The van der Waals surface area contributed by atoms with E-state index in [9.17, 15) is 16.8 Å². The maximum atomic E-state index is 12.2. The number of hydrogen-bond donors (Lipinski definition) is 0. The number of sulfone groups is 1. The molecule has 1 aromatic carbocycles. The van der Waals surface area contributed by atoms with Crippen molar-refractivity contribution in [1.82, 2.24) is 9.21 Å². The summed E-state index contributed by atoms with van der Waals surface area (Å²) in [6.07, 6.45) is 1.20. The average molecular weight is 332 g/mol. The molecular formula is C13H20N2O4S2. The minimum absolute atomic E-state index is 0.0515. The van der Waals surface area contributed by atoms with E-state index in [0.717, 1.165) is 0 Å². The molecule has 1 heterocycles. The first-order chi connectivity index (χ1) is 9.79. The fourth-order valence-electron chi connectivity index (χ4n) is 2.28. The largest absolute Gasteiger partial charge is 0.300 e. The van der Waals surface area contributed by atoms with Gasteiger partial charge in [-0.2, -0.15) is 4.31 Å². The molecule has 21 heavy (non-hydrogen) atoms. The van der Waals surface area contributed by atoms with E-state index in [2.05, 4.69) is 0 Å². The van der Waals surface area contributed by atoms with Crippen LogP contribution in [-0.4, -0.2) is 70.8 Å². The van der Waals surface area contributed by atoms with E-state index in [0.29, 0.717) is 37.6 Å². The fourth-order valence-corrected chi connectivity index (χ4v) is 4.41. The summed E-state index contributed by atoms with van der Waals surface area (Å²) < 4.78 is 48.6.